The van der Waals surface area contributed by atoms with E-state index in [0.29, 0.717) is 6.54 Å². The Morgan fingerprint density at radius 1 is 1.44 bits per heavy atom. The van der Waals surface area contributed by atoms with Crippen molar-refractivity contribution in [3.05, 3.63) is 29.8 Å². The third kappa shape index (κ3) is 4.31. The number of methoxy groups -OCH3 is 1. The van der Waals surface area contributed by atoms with E-state index < -0.39 is 6.10 Å². The van der Waals surface area contributed by atoms with Gasteiger partial charge in [-0.15, -0.1) is 0 Å². The second-order valence-electron chi connectivity index (χ2n) is 5.08. The van der Waals surface area contributed by atoms with Gasteiger partial charge in [0.2, 0.25) is 0 Å². The average molecular weight is 249 g/mol. The summed E-state index contributed by atoms with van der Waals surface area (Å²) in [4.78, 5) is 0. The first-order valence-corrected chi connectivity index (χ1v) is 6.82. The molecule has 1 atom stereocenters. The highest BCUT2D eigenvalue weighted by molar-refractivity contribution is 5.29. The lowest BCUT2D eigenvalue weighted by Gasteiger charge is -2.13. The molecule has 1 aliphatic rings. The summed E-state index contributed by atoms with van der Waals surface area (Å²) in [7, 11) is 1.64. The van der Waals surface area contributed by atoms with Crippen molar-refractivity contribution in [1.82, 2.24) is 5.32 Å². The Bertz CT molecular complexity index is 363. The predicted octanol–water partition coefficient (Wildman–Crippen LogP) is 2.51. The molecule has 0 heterocycles. The van der Waals surface area contributed by atoms with Gasteiger partial charge < -0.3 is 15.2 Å². The SMILES string of the molecule is COc1cccc(C(O)CNCCCC2CC2)c1. The normalized spacial score (nSPS) is 16.6. The molecule has 0 spiro atoms. The van der Waals surface area contributed by atoms with Crippen LogP contribution >= 0.6 is 0 Å². The van der Waals surface area contributed by atoms with E-state index in [1.165, 1.54) is 25.7 Å². The molecule has 0 aromatic heterocycles. The molecule has 2 rings (SSSR count). The molecule has 1 aromatic rings. The Morgan fingerprint density at radius 2 is 2.28 bits per heavy atom. The zero-order chi connectivity index (χ0) is 12.8. The lowest BCUT2D eigenvalue weighted by molar-refractivity contribution is 0.174. The summed E-state index contributed by atoms with van der Waals surface area (Å²) in [5.41, 5.74) is 0.907. The van der Waals surface area contributed by atoms with Gasteiger partial charge in [0.1, 0.15) is 5.75 Å². The van der Waals surface area contributed by atoms with Gasteiger partial charge in [-0.1, -0.05) is 25.0 Å². The third-order valence-electron chi connectivity index (χ3n) is 3.48. The summed E-state index contributed by atoms with van der Waals surface area (Å²) >= 11 is 0. The van der Waals surface area contributed by atoms with Crippen LogP contribution in [0.15, 0.2) is 24.3 Å². The van der Waals surface area contributed by atoms with Crippen LogP contribution in [-0.4, -0.2) is 25.3 Å². The molecule has 3 nitrogen and oxygen atoms in total. The maximum Gasteiger partial charge on any atom is 0.119 e. The molecule has 1 fully saturated rings. The molecule has 100 valence electrons. The van der Waals surface area contributed by atoms with Crippen molar-refractivity contribution in [3.8, 4) is 5.75 Å². The van der Waals surface area contributed by atoms with Crippen molar-refractivity contribution in [2.24, 2.45) is 5.92 Å². The summed E-state index contributed by atoms with van der Waals surface area (Å²) in [6.45, 7) is 1.61. The molecule has 1 saturated carbocycles. The minimum absolute atomic E-state index is 0.457. The Kier molecular flexibility index (Phi) is 5.02. The lowest BCUT2D eigenvalue weighted by Crippen LogP contribution is -2.22. The highest BCUT2D eigenvalue weighted by Crippen LogP contribution is 2.33. The zero-order valence-electron chi connectivity index (χ0n) is 11.1. The summed E-state index contributed by atoms with van der Waals surface area (Å²) in [6, 6.07) is 7.61. The van der Waals surface area contributed by atoms with Gasteiger partial charge in [0.15, 0.2) is 0 Å². The molecular formula is C15H23NO2. The summed E-state index contributed by atoms with van der Waals surface area (Å²) < 4.78 is 5.15. The molecule has 1 aliphatic carbocycles. The minimum Gasteiger partial charge on any atom is -0.497 e. The number of aliphatic hydroxyl groups excluding tert-OH is 1. The highest BCUT2D eigenvalue weighted by atomic mass is 16.5. The second-order valence-corrected chi connectivity index (χ2v) is 5.08. The van der Waals surface area contributed by atoms with Crippen molar-refractivity contribution in [2.45, 2.75) is 31.8 Å². The van der Waals surface area contributed by atoms with Crippen molar-refractivity contribution in [2.75, 3.05) is 20.2 Å². The summed E-state index contributed by atoms with van der Waals surface area (Å²) in [6.07, 6.45) is 4.94. The fraction of sp³-hybridized carbons (Fsp3) is 0.600. The number of aliphatic hydroxyl groups is 1. The molecule has 1 aromatic carbocycles. The van der Waals surface area contributed by atoms with Crippen LogP contribution in [0.5, 0.6) is 5.75 Å². The molecule has 0 saturated heterocycles. The molecule has 0 bridgehead atoms. The Morgan fingerprint density at radius 3 is 3.00 bits per heavy atom. The van der Waals surface area contributed by atoms with Crippen LogP contribution in [0.25, 0.3) is 0 Å². The lowest BCUT2D eigenvalue weighted by atomic mass is 10.1. The molecule has 0 radical (unpaired) electrons. The van der Waals surface area contributed by atoms with Crippen molar-refractivity contribution in [3.63, 3.8) is 0 Å². The molecule has 18 heavy (non-hydrogen) atoms. The summed E-state index contributed by atoms with van der Waals surface area (Å²) in [5, 5.41) is 13.4. The van der Waals surface area contributed by atoms with Crippen LogP contribution < -0.4 is 10.1 Å². The van der Waals surface area contributed by atoms with E-state index in [2.05, 4.69) is 5.32 Å². The highest BCUT2D eigenvalue weighted by Gasteiger charge is 2.19. The third-order valence-corrected chi connectivity index (χ3v) is 3.48. The number of benzene rings is 1. The molecule has 0 aliphatic heterocycles. The predicted molar refractivity (Wildman–Crippen MR) is 72.8 cm³/mol. The van der Waals surface area contributed by atoms with E-state index in [-0.39, 0.29) is 0 Å². The fourth-order valence-corrected chi connectivity index (χ4v) is 2.13. The molecular weight excluding hydrogens is 226 g/mol. The van der Waals surface area contributed by atoms with Gasteiger partial charge in [-0.3, -0.25) is 0 Å². The van der Waals surface area contributed by atoms with Crippen LogP contribution in [0.2, 0.25) is 0 Å². The van der Waals surface area contributed by atoms with Gasteiger partial charge in [-0.05, 0) is 43.0 Å². The van der Waals surface area contributed by atoms with Crippen molar-refractivity contribution in [1.29, 1.82) is 0 Å². The molecule has 3 heteroatoms. The minimum atomic E-state index is -0.457. The maximum absolute atomic E-state index is 10.0. The largest absolute Gasteiger partial charge is 0.497 e. The Labute approximate surface area is 109 Å². The number of nitrogens with one attached hydrogen (secondary N) is 1. The van der Waals surface area contributed by atoms with Gasteiger partial charge >= 0.3 is 0 Å². The van der Waals surface area contributed by atoms with E-state index in [9.17, 15) is 5.11 Å². The number of ether oxygens (including phenoxy) is 1. The number of hydrogen-bond donors (Lipinski definition) is 2. The van der Waals surface area contributed by atoms with E-state index in [4.69, 9.17) is 4.74 Å². The quantitative estimate of drug-likeness (QED) is 0.696. The first-order valence-electron chi connectivity index (χ1n) is 6.82. The standard InChI is InChI=1S/C15H23NO2/c1-18-14-6-2-5-13(10-14)15(17)11-16-9-3-4-12-7-8-12/h2,5-6,10,12,15-17H,3-4,7-9,11H2,1H3. The van der Waals surface area contributed by atoms with E-state index in [0.717, 1.165) is 23.8 Å². The zero-order valence-corrected chi connectivity index (χ0v) is 11.1. The Balaban J connectivity index is 1.67. The van der Waals surface area contributed by atoms with E-state index >= 15 is 0 Å². The van der Waals surface area contributed by atoms with Gasteiger partial charge in [0.05, 0.1) is 13.2 Å². The van der Waals surface area contributed by atoms with E-state index in [1.54, 1.807) is 7.11 Å². The fourth-order valence-electron chi connectivity index (χ4n) is 2.13. The van der Waals surface area contributed by atoms with E-state index in [1.807, 2.05) is 24.3 Å². The molecule has 2 N–H and O–H groups in total. The van der Waals surface area contributed by atoms with Gasteiger partial charge in [0.25, 0.3) is 0 Å². The van der Waals surface area contributed by atoms with Crippen LogP contribution in [0.1, 0.15) is 37.4 Å². The smallest absolute Gasteiger partial charge is 0.119 e. The van der Waals surface area contributed by atoms with Crippen LogP contribution in [0.3, 0.4) is 0 Å². The van der Waals surface area contributed by atoms with Gasteiger partial charge in [0, 0.05) is 6.54 Å². The number of hydrogen-bond acceptors (Lipinski definition) is 3. The molecule has 1 unspecified atom stereocenters. The van der Waals surface area contributed by atoms with Crippen molar-refractivity contribution < 1.29 is 9.84 Å². The average Bonchev–Trinajstić information content (AvgIpc) is 3.22. The van der Waals surface area contributed by atoms with Crippen LogP contribution in [-0.2, 0) is 0 Å². The topological polar surface area (TPSA) is 41.5 Å². The van der Waals surface area contributed by atoms with Gasteiger partial charge in [-0.25, -0.2) is 0 Å². The first-order chi connectivity index (χ1) is 8.79. The molecule has 0 amide bonds. The van der Waals surface area contributed by atoms with Gasteiger partial charge in [-0.2, -0.15) is 0 Å². The van der Waals surface area contributed by atoms with Crippen molar-refractivity contribution >= 4 is 0 Å². The van der Waals surface area contributed by atoms with Crippen LogP contribution in [0.4, 0.5) is 0 Å². The van der Waals surface area contributed by atoms with Crippen LogP contribution in [0, 0.1) is 5.92 Å². The first kappa shape index (κ1) is 13.4. The maximum atomic E-state index is 10.0. The Hall–Kier alpha value is -1.06. The second kappa shape index (κ2) is 6.76. The number of rotatable bonds is 8. The monoisotopic (exact) mass is 249 g/mol. The summed E-state index contributed by atoms with van der Waals surface area (Å²) in [5.74, 6) is 1.79.